The van der Waals surface area contributed by atoms with Crippen LogP contribution in [0, 0.1) is 11.8 Å². The summed E-state index contributed by atoms with van der Waals surface area (Å²) in [6.45, 7) is 0. The number of hydrogen-bond acceptors (Lipinski definition) is 3. The average molecular weight is 288 g/mol. The number of primary amides is 1. The van der Waals surface area contributed by atoms with Crippen molar-refractivity contribution < 1.29 is 19.5 Å². The van der Waals surface area contributed by atoms with Gasteiger partial charge in [0.15, 0.2) is 0 Å². The fourth-order valence-corrected chi connectivity index (χ4v) is 2.33. The molecule has 2 atom stereocenters. The number of benzene rings is 1. The Kier molecular flexibility index (Phi) is 4.37. The molecule has 0 heterocycles. The minimum Gasteiger partial charge on any atom is -0.481 e. The Bertz CT molecular complexity index is 592. The highest BCUT2D eigenvalue weighted by Crippen LogP contribution is 2.27. The number of carboxylic acids is 1. The predicted octanol–water partition coefficient (Wildman–Crippen LogP) is 1.39. The van der Waals surface area contributed by atoms with Crippen molar-refractivity contribution in [3.05, 3.63) is 42.0 Å². The zero-order valence-corrected chi connectivity index (χ0v) is 11.3. The number of amides is 2. The van der Waals surface area contributed by atoms with Crippen LogP contribution in [0.2, 0.25) is 0 Å². The molecule has 0 bridgehead atoms. The highest BCUT2D eigenvalue weighted by atomic mass is 16.4. The van der Waals surface area contributed by atoms with Gasteiger partial charge in [-0.1, -0.05) is 12.2 Å². The van der Waals surface area contributed by atoms with Crippen LogP contribution in [0.3, 0.4) is 0 Å². The van der Waals surface area contributed by atoms with Crippen molar-refractivity contribution in [2.75, 3.05) is 5.32 Å². The highest BCUT2D eigenvalue weighted by molar-refractivity contribution is 5.97. The summed E-state index contributed by atoms with van der Waals surface area (Å²) in [5, 5.41) is 11.8. The lowest BCUT2D eigenvalue weighted by Crippen LogP contribution is -2.34. The lowest BCUT2D eigenvalue weighted by molar-refractivity contribution is -0.146. The van der Waals surface area contributed by atoms with Crippen LogP contribution in [0.25, 0.3) is 0 Å². The van der Waals surface area contributed by atoms with E-state index >= 15 is 0 Å². The summed E-state index contributed by atoms with van der Waals surface area (Å²) in [7, 11) is 0. The molecule has 110 valence electrons. The van der Waals surface area contributed by atoms with Crippen LogP contribution in [-0.2, 0) is 9.59 Å². The third-order valence-corrected chi connectivity index (χ3v) is 3.52. The van der Waals surface area contributed by atoms with Gasteiger partial charge >= 0.3 is 5.97 Å². The lowest BCUT2D eigenvalue weighted by atomic mass is 9.82. The molecule has 1 aliphatic carbocycles. The number of hydrogen-bond donors (Lipinski definition) is 3. The van der Waals surface area contributed by atoms with Crippen LogP contribution in [0.1, 0.15) is 23.2 Å². The minimum absolute atomic E-state index is 0.335. The number of carbonyl (C=O) groups is 3. The van der Waals surface area contributed by atoms with Gasteiger partial charge in [0.1, 0.15) is 0 Å². The molecule has 2 rings (SSSR count). The van der Waals surface area contributed by atoms with Crippen molar-refractivity contribution in [3.8, 4) is 0 Å². The molecule has 0 aliphatic heterocycles. The second-order valence-electron chi connectivity index (χ2n) is 4.92. The SMILES string of the molecule is NC(=O)c1ccc(NC(=O)[C@@H]2CC=CC[C@H]2C(=O)O)cc1. The second kappa shape index (κ2) is 6.21. The van der Waals surface area contributed by atoms with E-state index in [4.69, 9.17) is 10.8 Å². The Morgan fingerprint density at radius 3 is 2.14 bits per heavy atom. The van der Waals surface area contributed by atoms with Crippen molar-refractivity contribution in [3.63, 3.8) is 0 Å². The van der Waals surface area contributed by atoms with Crippen LogP contribution in [0.4, 0.5) is 5.69 Å². The Morgan fingerprint density at radius 2 is 1.62 bits per heavy atom. The largest absolute Gasteiger partial charge is 0.481 e. The molecule has 1 aliphatic rings. The molecule has 0 fully saturated rings. The maximum atomic E-state index is 12.2. The zero-order chi connectivity index (χ0) is 15.4. The molecule has 1 aromatic rings. The van der Waals surface area contributed by atoms with Crippen molar-refractivity contribution in [1.29, 1.82) is 0 Å². The summed E-state index contributed by atoms with van der Waals surface area (Å²) >= 11 is 0. The Morgan fingerprint density at radius 1 is 1.05 bits per heavy atom. The number of nitrogens with two attached hydrogens (primary N) is 1. The number of rotatable bonds is 4. The number of carboxylic acid groups (broad SMARTS) is 1. The van der Waals surface area contributed by atoms with Gasteiger partial charge in [0.2, 0.25) is 11.8 Å². The van der Waals surface area contributed by atoms with E-state index in [1.54, 1.807) is 18.2 Å². The molecule has 0 saturated heterocycles. The molecule has 0 unspecified atom stereocenters. The maximum Gasteiger partial charge on any atom is 0.307 e. The van der Waals surface area contributed by atoms with Crippen molar-refractivity contribution in [2.45, 2.75) is 12.8 Å². The quantitative estimate of drug-likeness (QED) is 0.727. The first-order valence-electron chi connectivity index (χ1n) is 6.57. The van der Waals surface area contributed by atoms with Gasteiger partial charge in [0, 0.05) is 11.3 Å². The summed E-state index contributed by atoms with van der Waals surface area (Å²) < 4.78 is 0. The van der Waals surface area contributed by atoms with Crippen LogP contribution < -0.4 is 11.1 Å². The molecule has 21 heavy (non-hydrogen) atoms. The van der Waals surface area contributed by atoms with E-state index in [-0.39, 0.29) is 5.91 Å². The zero-order valence-electron chi connectivity index (χ0n) is 11.3. The number of aliphatic carboxylic acids is 1. The number of nitrogens with one attached hydrogen (secondary N) is 1. The standard InChI is InChI=1S/C15H16N2O4/c16-13(18)9-5-7-10(8-6-9)17-14(19)11-3-1-2-4-12(11)15(20)21/h1-2,5-8,11-12H,3-4H2,(H2,16,18)(H,17,19)(H,20,21)/t11-,12-/m1/s1. The van der Waals surface area contributed by atoms with Gasteiger partial charge in [-0.05, 0) is 37.1 Å². The van der Waals surface area contributed by atoms with E-state index in [0.717, 1.165) is 0 Å². The number of anilines is 1. The van der Waals surface area contributed by atoms with Gasteiger partial charge < -0.3 is 16.2 Å². The summed E-state index contributed by atoms with van der Waals surface area (Å²) in [4.78, 5) is 34.3. The topological polar surface area (TPSA) is 109 Å². The van der Waals surface area contributed by atoms with Crippen LogP contribution in [-0.4, -0.2) is 22.9 Å². The minimum atomic E-state index is -0.969. The molecular formula is C15H16N2O4. The number of carbonyl (C=O) groups excluding carboxylic acids is 2. The molecule has 0 radical (unpaired) electrons. The third kappa shape index (κ3) is 3.47. The van der Waals surface area contributed by atoms with Gasteiger partial charge in [-0.3, -0.25) is 14.4 Å². The summed E-state index contributed by atoms with van der Waals surface area (Å²) in [6, 6.07) is 6.14. The summed E-state index contributed by atoms with van der Waals surface area (Å²) in [5.41, 5.74) is 5.98. The molecular weight excluding hydrogens is 272 g/mol. The molecule has 0 spiro atoms. The second-order valence-corrected chi connectivity index (χ2v) is 4.92. The Labute approximate surface area is 121 Å². The lowest BCUT2D eigenvalue weighted by Gasteiger charge is -2.24. The average Bonchev–Trinajstić information content (AvgIpc) is 2.47. The van der Waals surface area contributed by atoms with Gasteiger partial charge in [0.25, 0.3) is 0 Å². The predicted molar refractivity (Wildman–Crippen MR) is 76.6 cm³/mol. The van der Waals surface area contributed by atoms with E-state index < -0.39 is 23.7 Å². The summed E-state index contributed by atoms with van der Waals surface area (Å²) in [5.74, 6) is -3.15. The fraction of sp³-hybridized carbons (Fsp3) is 0.267. The van der Waals surface area contributed by atoms with E-state index in [1.165, 1.54) is 12.1 Å². The number of allylic oxidation sites excluding steroid dienone is 2. The van der Waals surface area contributed by atoms with E-state index in [2.05, 4.69) is 5.32 Å². The molecule has 0 aromatic heterocycles. The monoisotopic (exact) mass is 288 g/mol. The molecule has 2 amide bonds. The third-order valence-electron chi connectivity index (χ3n) is 3.52. The van der Waals surface area contributed by atoms with Gasteiger partial charge in [0.05, 0.1) is 11.8 Å². The highest BCUT2D eigenvalue weighted by Gasteiger charge is 2.33. The first-order valence-corrected chi connectivity index (χ1v) is 6.57. The Balaban J connectivity index is 2.08. The van der Waals surface area contributed by atoms with Crippen molar-refractivity contribution in [1.82, 2.24) is 0 Å². The van der Waals surface area contributed by atoms with E-state index in [1.807, 2.05) is 6.08 Å². The van der Waals surface area contributed by atoms with E-state index in [9.17, 15) is 14.4 Å². The van der Waals surface area contributed by atoms with Crippen LogP contribution in [0.5, 0.6) is 0 Å². The van der Waals surface area contributed by atoms with Gasteiger partial charge in [-0.15, -0.1) is 0 Å². The Hall–Kier alpha value is -2.63. The first kappa shape index (κ1) is 14.8. The first-order chi connectivity index (χ1) is 9.99. The smallest absolute Gasteiger partial charge is 0.307 e. The fourth-order valence-electron chi connectivity index (χ4n) is 2.33. The summed E-state index contributed by atoms with van der Waals surface area (Å²) in [6.07, 6.45) is 4.36. The van der Waals surface area contributed by atoms with Crippen LogP contribution >= 0.6 is 0 Å². The van der Waals surface area contributed by atoms with Gasteiger partial charge in [-0.25, -0.2) is 0 Å². The molecule has 6 heteroatoms. The molecule has 0 saturated carbocycles. The van der Waals surface area contributed by atoms with E-state index in [0.29, 0.717) is 24.1 Å². The molecule has 4 N–H and O–H groups in total. The molecule has 6 nitrogen and oxygen atoms in total. The maximum absolute atomic E-state index is 12.2. The van der Waals surface area contributed by atoms with Crippen LogP contribution in [0.15, 0.2) is 36.4 Å². The van der Waals surface area contributed by atoms with Gasteiger partial charge in [-0.2, -0.15) is 0 Å². The van der Waals surface area contributed by atoms with Crippen molar-refractivity contribution >= 4 is 23.5 Å². The van der Waals surface area contributed by atoms with Crippen molar-refractivity contribution in [2.24, 2.45) is 17.6 Å². The molecule has 1 aromatic carbocycles. The normalized spacial score (nSPS) is 20.8.